The molecule has 1 aliphatic rings. The van der Waals surface area contributed by atoms with Crippen molar-refractivity contribution >= 4 is 17.2 Å². The fraction of sp³-hybridized carbons (Fsp3) is 0.562. The van der Waals surface area contributed by atoms with Crippen LogP contribution >= 0.6 is 11.3 Å². The SMILES string of the molecule is CC(C)c1noc(CCC(=O)N2CCCC2c2ccsc2)n1. The molecule has 1 unspecified atom stereocenters. The van der Waals surface area contributed by atoms with E-state index >= 15 is 0 Å². The highest BCUT2D eigenvalue weighted by Crippen LogP contribution is 2.33. The zero-order chi connectivity index (χ0) is 15.5. The predicted octanol–water partition coefficient (Wildman–Crippen LogP) is 3.55. The molecule has 0 N–H and O–H groups in total. The molecular weight excluding hydrogens is 298 g/mol. The van der Waals surface area contributed by atoms with Crippen molar-refractivity contribution in [2.24, 2.45) is 0 Å². The fourth-order valence-corrected chi connectivity index (χ4v) is 3.55. The Balaban J connectivity index is 1.59. The molecule has 5 nitrogen and oxygen atoms in total. The van der Waals surface area contributed by atoms with Crippen LogP contribution in [0.4, 0.5) is 0 Å². The van der Waals surface area contributed by atoms with Gasteiger partial charge in [-0.05, 0) is 35.2 Å². The van der Waals surface area contributed by atoms with Crippen molar-refractivity contribution in [3.63, 3.8) is 0 Å². The van der Waals surface area contributed by atoms with Gasteiger partial charge >= 0.3 is 0 Å². The van der Waals surface area contributed by atoms with E-state index in [1.54, 1.807) is 11.3 Å². The van der Waals surface area contributed by atoms with Gasteiger partial charge in [0.15, 0.2) is 5.82 Å². The van der Waals surface area contributed by atoms with Crippen LogP contribution < -0.4 is 0 Å². The molecule has 1 atom stereocenters. The second-order valence-corrected chi connectivity index (χ2v) is 6.78. The van der Waals surface area contributed by atoms with E-state index < -0.39 is 0 Å². The first-order valence-corrected chi connectivity index (χ1v) is 8.73. The van der Waals surface area contributed by atoms with Crippen molar-refractivity contribution in [1.29, 1.82) is 0 Å². The summed E-state index contributed by atoms with van der Waals surface area (Å²) in [4.78, 5) is 18.8. The van der Waals surface area contributed by atoms with E-state index in [1.807, 2.05) is 18.7 Å². The molecule has 0 aromatic carbocycles. The summed E-state index contributed by atoms with van der Waals surface area (Å²) < 4.78 is 5.21. The average molecular weight is 319 g/mol. The molecule has 2 aromatic heterocycles. The van der Waals surface area contributed by atoms with Crippen molar-refractivity contribution in [3.05, 3.63) is 34.1 Å². The maximum Gasteiger partial charge on any atom is 0.227 e. The summed E-state index contributed by atoms with van der Waals surface area (Å²) >= 11 is 1.68. The average Bonchev–Trinajstić information content (AvgIpc) is 3.23. The Morgan fingerprint density at radius 1 is 1.55 bits per heavy atom. The molecule has 0 radical (unpaired) electrons. The minimum Gasteiger partial charge on any atom is -0.339 e. The number of nitrogens with zero attached hydrogens (tertiary/aromatic N) is 3. The first-order valence-electron chi connectivity index (χ1n) is 7.79. The van der Waals surface area contributed by atoms with Gasteiger partial charge < -0.3 is 9.42 Å². The van der Waals surface area contributed by atoms with E-state index in [0.29, 0.717) is 24.6 Å². The predicted molar refractivity (Wildman–Crippen MR) is 84.7 cm³/mol. The minimum atomic E-state index is 0.179. The molecule has 0 saturated carbocycles. The third kappa shape index (κ3) is 3.21. The highest BCUT2D eigenvalue weighted by atomic mass is 32.1. The van der Waals surface area contributed by atoms with Gasteiger partial charge in [-0.1, -0.05) is 19.0 Å². The largest absolute Gasteiger partial charge is 0.339 e. The first kappa shape index (κ1) is 15.2. The maximum atomic E-state index is 12.5. The van der Waals surface area contributed by atoms with Gasteiger partial charge in [0.05, 0.1) is 6.04 Å². The monoisotopic (exact) mass is 319 g/mol. The lowest BCUT2D eigenvalue weighted by molar-refractivity contribution is -0.132. The number of rotatable bonds is 5. The minimum absolute atomic E-state index is 0.179. The quantitative estimate of drug-likeness (QED) is 0.845. The number of carbonyl (C=O) groups excluding carboxylic acids is 1. The van der Waals surface area contributed by atoms with Gasteiger partial charge in [-0.15, -0.1) is 0 Å². The van der Waals surface area contributed by atoms with Gasteiger partial charge in [-0.3, -0.25) is 4.79 Å². The second-order valence-electron chi connectivity index (χ2n) is 6.00. The standard InChI is InChI=1S/C16H21N3O2S/c1-11(2)16-17-14(21-18-16)5-6-15(20)19-8-3-4-13(19)12-7-9-22-10-12/h7,9-11,13H,3-6,8H2,1-2H3. The van der Waals surface area contributed by atoms with E-state index in [0.717, 1.165) is 19.4 Å². The lowest BCUT2D eigenvalue weighted by Crippen LogP contribution is -2.30. The molecule has 2 aromatic rings. The molecule has 1 amide bonds. The van der Waals surface area contributed by atoms with Crippen molar-refractivity contribution < 1.29 is 9.32 Å². The van der Waals surface area contributed by atoms with Crippen LogP contribution in [0.3, 0.4) is 0 Å². The van der Waals surface area contributed by atoms with Crippen LogP contribution in [0.1, 0.15) is 62.3 Å². The number of carbonyl (C=O) groups is 1. The molecule has 1 saturated heterocycles. The Morgan fingerprint density at radius 3 is 3.09 bits per heavy atom. The Kier molecular flexibility index (Phi) is 4.57. The molecule has 0 bridgehead atoms. The van der Waals surface area contributed by atoms with Crippen LogP contribution in [0.25, 0.3) is 0 Å². The summed E-state index contributed by atoms with van der Waals surface area (Å²) in [5, 5.41) is 8.15. The maximum absolute atomic E-state index is 12.5. The third-order valence-electron chi connectivity index (χ3n) is 4.05. The van der Waals surface area contributed by atoms with Crippen LogP contribution in [0.2, 0.25) is 0 Å². The molecule has 118 valence electrons. The summed E-state index contributed by atoms with van der Waals surface area (Å²) in [6.07, 6.45) is 3.08. The number of aromatic nitrogens is 2. The van der Waals surface area contributed by atoms with Gasteiger partial charge in [-0.2, -0.15) is 16.3 Å². The van der Waals surface area contributed by atoms with Crippen molar-refractivity contribution in [2.75, 3.05) is 6.54 Å². The lowest BCUT2D eigenvalue weighted by Gasteiger charge is -2.24. The molecule has 6 heteroatoms. The van der Waals surface area contributed by atoms with Gasteiger partial charge in [0, 0.05) is 25.3 Å². The van der Waals surface area contributed by atoms with Gasteiger partial charge in [0.25, 0.3) is 0 Å². The Labute approximate surface area is 134 Å². The summed E-state index contributed by atoms with van der Waals surface area (Å²) in [6.45, 7) is 4.89. The molecule has 3 heterocycles. The normalized spacial score (nSPS) is 18.3. The van der Waals surface area contributed by atoms with Gasteiger partial charge in [-0.25, -0.2) is 0 Å². The van der Waals surface area contributed by atoms with Crippen molar-refractivity contribution in [3.8, 4) is 0 Å². The van der Waals surface area contributed by atoms with Crippen molar-refractivity contribution in [1.82, 2.24) is 15.0 Å². The van der Waals surface area contributed by atoms with E-state index in [4.69, 9.17) is 4.52 Å². The summed E-state index contributed by atoms with van der Waals surface area (Å²) in [6, 6.07) is 2.36. The summed E-state index contributed by atoms with van der Waals surface area (Å²) in [7, 11) is 0. The Hall–Kier alpha value is -1.69. The van der Waals surface area contributed by atoms with Crippen LogP contribution in [0, 0.1) is 0 Å². The number of hydrogen-bond acceptors (Lipinski definition) is 5. The van der Waals surface area contributed by atoms with E-state index in [9.17, 15) is 4.79 Å². The smallest absolute Gasteiger partial charge is 0.227 e. The fourth-order valence-electron chi connectivity index (χ4n) is 2.84. The molecular formula is C16H21N3O2S. The zero-order valence-corrected chi connectivity index (χ0v) is 13.8. The molecule has 1 fully saturated rings. The van der Waals surface area contributed by atoms with E-state index in [2.05, 4.69) is 27.0 Å². The Bertz CT molecular complexity index is 621. The van der Waals surface area contributed by atoms with E-state index in [1.165, 1.54) is 5.56 Å². The summed E-state index contributed by atoms with van der Waals surface area (Å²) in [5.74, 6) is 1.69. The van der Waals surface area contributed by atoms with Gasteiger partial charge in [0.2, 0.25) is 11.8 Å². The van der Waals surface area contributed by atoms with Crippen LogP contribution in [-0.2, 0) is 11.2 Å². The molecule has 0 spiro atoms. The van der Waals surface area contributed by atoms with E-state index in [-0.39, 0.29) is 17.9 Å². The molecule has 0 aliphatic carbocycles. The van der Waals surface area contributed by atoms with Gasteiger partial charge in [0.1, 0.15) is 0 Å². The highest BCUT2D eigenvalue weighted by Gasteiger charge is 2.30. The first-order chi connectivity index (χ1) is 10.6. The number of hydrogen-bond donors (Lipinski definition) is 0. The van der Waals surface area contributed by atoms with Crippen molar-refractivity contribution in [2.45, 2.75) is 51.5 Å². The Morgan fingerprint density at radius 2 is 2.41 bits per heavy atom. The molecule has 1 aliphatic heterocycles. The number of thiophene rings is 1. The topological polar surface area (TPSA) is 59.2 Å². The third-order valence-corrected chi connectivity index (χ3v) is 4.76. The molecule has 22 heavy (non-hydrogen) atoms. The molecule has 3 rings (SSSR count). The number of likely N-dealkylation sites (tertiary alicyclic amines) is 1. The highest BCUT2D eigenvalue weighted by molar-refractivity contribution is 7.07. The zero-order valence-electron chi connectivity index (χ0n) is 13.0. The number of amides is 1. The van der Waals surface area contributed by atoms with Crippen LogP contribution in [0.5, 0.6) is 0 Å². The summed E-state index contributed by atoms with van der Waals surface area (Å²) in [5.41, 5.74) is 1.26. The second kappa shape index (κ2) is 6.60. The van der Waals surface area contributed by atoms with Crippen LogP contribution in [0.15, 0.2) is 21.3 Å². The number of aryl methyl sites for hydroxylation is 1. The van der Waals surface area contributed by atoms with Crippen LogP contribution in [-0.4, -0.2) is 27.5 Å². The lowest BCUT2D eigenvalue weighted by atomic mass is 10.1.